The molecule has 0 saturated heterocycles. The van der Waals surface area contributed by atoms with Gasteiger partial charge in [-0.25, -0.2) is 4.39 Å². The summed E-state index contributed by atoms with van der Waals surface area (Å²) in [4.78, 5) is 35.0. The largest absolute Gasteiger partial charge is 0.496 e. The number of halogens is 1. The van der Waals surface area contributed by atoms with Crippen LogP contribution >= 0.6 is 11.8 Å². The second-order valence-corrected chi connectivity index (χ2v) is 6.78. The summed E-state index contributed by atoms with van der Waals surface area (Å²) in [5.41, 5.74) is 1.77. The maximum Gasteiger partial charge on any atom is 0.316 e. The second kappa shape index (κ2) is 10.5. The number of carbonyl (C=O) groups excluding carboxylic acids is 3. The number of benzene rings is 2. The molecule has 28 heavy (non-hydrogen) atoms. The first kappa shape index (κ1) is 21.4. The minimum absolute atomic E-state index is 0.0390. The van der Waals surface area contributed by atoms with Crippen molar-refractivity contribution < 1.29 is 28.2 Å². The van der Waals surface area contributed by atoms with Gasteiger partial charge in [0.2, 0.25) is 0 Å². The lowest BCUT2D eigenvalue weighted by Gasteiger charge is -2.10. The highest BCUT2D eigenvalue weighted by molar-refractivity contribution is 7.99. The van der Waals surface area contributed by atoms with Crippen LogP contribution in [0, 0.1) is 5.82 Å². The summed E-state index contributed by atoms with van der Waals surface area (Å²) >= 11 is 1.28. The van der Waals surface area contributed by atoms with Crippen molar-refractivity contribution in [1.82, 2.24) is 0 Å². The number of methoxy groups -OCH3 is 1. The number of rotatable bonds is 9. The number of ketones is 1. The molecule has 0 aromatic heterocycles. The highest BCUT2D eigenvalue weighted by Crippen LogP contribution is 2.25. The van der Waals surface area contributed by atoms with Crippen LogP contribution in [0.5, 0.6) is 5.75 Å². The molecule has 0 radical (unpaired) electrons. The third-order valence-corrected chi connectivity index (χ3v) is 4.61. The Morgan fingerprint density at radius 2 is 1.82 bits per heavy atom. The van der Waals surface area contributed by atoms with Crippen molar-refractivity contribution in [3.05, 3.63) is 59.4 Å². The summed E-state index contributed by atoms with van der Waals surface area (Å²) in [5.74, 6) is -0.406. The molecule has 0 aliphatic heterocycles. The first-order valence-corrected chi connectivity index (χ1v) is 9.51. The van der Waals surface area contributed by atoms with E-state index >= 15 is 0 Å². The van der Waals surface area contributed by atoms with Gasteiger partial charge in [0.25, 0.3) is 5.91 Å². The summed E-state index contributed by atoms with van der Waals surface area (Å²) in [6.07, 6.45) is 0. The Kier molecular flexibility index (Phi) is 8.01. The highest BCUT2D eigenvalue weighted by Gasteiger charge is 2.11. The molecule has 2 aromatic carbocycles. The zero-order valence-electron chi connectivity index (χ0n) is 15.5. The molecule has 2 aromatic rings. The standard InChI is InChI=1S/C20H20FNO5S/c1-13(23)14-3-8-18(26-2)15(9-14)11-28-12-20(25)27-10-19(24)22-17-6-4-16(21)5-7-17/h3-9H,10-12H2,1-2H3,(H,22,24). The van der Waals surface area contributed by atoms with Crippen molar-refractivity contribution in [2.24, 2.45) is 0 Å². The fraction of sp³-hybridized carbons (Fsp3) is 0.250. The summed E-state index contributed by atoms with van der Waals surface area (Å²) in [6, 6.07) is 10.4. The van der Waals surface area contributed by atoms with Gasteiger partial charge in [0.15, 0.2) is 12.4 Å². The van der Waals surface area contributed by atoms with Gasteiger partial charge in [-0.3, -0.25) is 14.4 Å². The van der Waals surface area contributed by atoms with Crippen molar-refractivity contribution in [2.75, 3.05) is 24.8 Å². The van der Waals surface area contributed by atoms with Crippen LogP contribution in [0.4, 0.5) is 10.1 Å². The van der Waals surface area contributed by atoms with Gasteiger partial charge in [-0.15, -0.1) is 11.8 Å². The van der Waals surface area contributed by atoms with Crippen LogP contribution in [0.2, 0.25) is 0 Å². The van der Waals surface area contributed by atoms with E-state index in [1.54, 1.807) is 18.2 Å². The molecule has 2 rings (SSSR count). The molecule has 1 amide bonds. The van der Waals surface area contributed by atoms with Gasteiger partial charge >= 0.3 is 5.97 Å². The number of ether oxygens (including phenoxy) is 2. The smallest absolute Gasteiger partial charge is 0.316 e. The molecule has 1 N–H and O–H groups in total. The average molecular weight is 405 g/mol. The number of carbonyl (C=O) groups is 3. The van der Waals surface area contributed by atoms with E-state index in [0.29, 0.717) is 22.8 Å². The highest BCUT2D eigenvalue weighted by atomic mass is 32.2. The molecule has 0 aliphatic rings. The number of nitrogens with one attached hydrogen (secondary N) is 1. The number of thioether (sulfide) groups is 1. The van der Waals surface area contributed by atoms with Crippen molar-refractivity contribution in [1.29, 1.82) is 0 Å². The Labute approximate surface area is 166 Å². The lowest BCUT2D eigenvalue weighted by Crippen LogP contribution is -2.21. The van der Waals surface area contributed by atoms with E-state index in [1.165, 1.54) is 50.1 Å². The number of Topliss-reactive ketones (excluding diaryl/α,β-unsaturated/α-hetero) is 1. The Morgan fingerprint density at radius 3 is 2.46 bits per heavy atom. The zero-order chi connectivity index (χ0) is 20.5. The van der Waals surface area contributed by atoms with Crippen molar-refractivity contribution in [2.45, 2.75) is 12.7 Å². The van der Waals surface area contributed by atoms with Crippen LogP contribution in [0.15, 0.2) is 42.5 Å². The summed E-state index contributed by atoms with van der Waals surface area (Å²) in [7, 11) is 1.53. The van der Waals surface area contributed by atoms with E-state index < -0.39 is 24.3 Å². The SMILES string of the molecule is COc1ccc(C(C)=O)cc1CSCC(=O)OCC(=O)Nc1ccc(F)cc1. The molecule has 0 fully saturated rings. The monoisotopic (exact) mass is 405 g/mol. The molecule has 148 valence electrons. The fourth-order valence-corrected chi connectivity index (χ4v) is 3.07. The molecule has 0 heterocycles. The Hall–Kier alpha value is -2.87. The minimum atomic E-state index is -0.541. The fourth-order valence-electron chi connectivity index (χ4n) is 2.27. The van der Waals surface area contributed by atoms with Crippen LogP contribution in [0.25, 0.3) is 0 Å². The first-order chi connectivity index (χ1) is 13.4. The van der Waals surface area contributed by atoms with Gasteiger partial charge in [0, 0.05) is 22.6 Å². The minimum Gasteiger partial charge on any atom is -0.496 e. The van der Waals surface area contributed by atoms with Crippen LogP contribution in [-0.4, -0.2) is 37.1 Å². The molecular formula is C20H20FNO5S. The Morgan fingerprint density at radius 1 is 1.11 bits per heavy atom. The van der Waals surface area contributed by atoms with E-state index in [2.05, 4.69) is 5.32 Å². The number of hydrogen-bond donors (Lipinski definition) is 1. The molecule has 0 unspecified atom stereocenters. The van der Waals surface area contributed by atoms with E-state index in [9.17, 15) is 18.8 Å². The predicted molar refractivity (Wildman–Crippen MR) is 105 cm³/mol. The van der Waals surface area contributed by atoms with Crippen molar-refractivity contribution >= 4 is 35.1 Å². The summed E-state index contributed by atoms with van der Waals surface area (Å²) in [5, 5.41) is 2.50. The average Bonchev–Trinajstić information content (AvgIpc) is 2.68. The summed E-state index contributed by atoms with van der Waals surface area (Å²) < 4.78 is 23.0. The van der Waals surface area contributed by atoms with Gasteiger partial charge < -0.3 is 14.8 Å². The van der Waals surface area contributed by atoms with Gasteiger partial charge in [-0.05, 0) is 49.4 Å². The summed E-state index contributed by atoms with van der Waals surface area (Å²) in [6.45, 7) is 1.05. The van der Waals surface area contributed by atoms with Gasteiger partial charge in [-0.2, -0.15) is 0 Å². The molecule has 6 nitrogen and oxygen atoms in total. The number of anilines is 1. The Balaban J connectivity index is 1.76. The van der Waals surface area contributed by atoms with Crippen LogP contribution in [-0.2, 0) is 20.1 Å². The second-order valence-electron chi connectivity index (χ2n) is 5.79. The topological polar surface area (TPSA) is 81.7 Å². The maximum atomic E-state index is 12.8. The lowest BCUT2D eigenvalue weighted by molar-refractivity contribution is -0.144. The first-order valence-electron chi connectivity index (χ1n) is 8.35. The number of hydrogen-bond acceptors (Lipinski definition) is 6. The lowest BCUT2D eigenvalue weighted by atomic mass is 10.1. The van der Waals surface area contributed by atoms with Crippen molar-refractivity contribution in [3.63, 3.8) is 0 Å². The normalized spacial score (nSPS) is 10.2. The molecule has 0 spiro atoms. The molecule has 8 heteroatoms. The molecule has 0 bridgehead atoms. The van der Waals surface area contributed by atoms with Gasteiger partial charge in [0.1, 0.15) is 11.6 Å². The maximum absolute atomic E-state index is 12.8. The van der Waals surface area contributed by atoms with Gasteiger partial charge in [0.05, 0.1) is 12.9 Å². The van der Waals surface area contributed by atoms with E-state index in [4.69, 9.17) is 9.47 Å². The number of amides is 1. The van der Waals surface area contributed by atoms with Crippen LogP contribution < -0.4 is 10.1 Å². The van der Waals surface area contributed by atoms with E-state index in [-0.39, 0.29) is 11.5 Å². The van der Waals surface area contributed by atoms with Crippen LogP contribution in [0.3, 0.4) is 0 Å². The van der Waals surface area contributed by atoms with Crippen molar-refractivity contribution in [3.8, 4) is 5.75 Å². The van der Waals surface area contributed by atoms with Gasteiger partial charge in [-0.1, -0.05) is 0 Å². The third-order valence-electron chi connectivity index (χ3n) is 3.66. The number of esters is 1. The third kappa shape index (κ3) is 6.70. The van der Waals surface area contributed by atoms with E-state index in [0.717, 1.165) is 5.56 Å². The molecule has 0 saturated carbocycles. The molecule has 0 atom stereocenters. The quantitative estimate of drug-likeness (QED) is 0.508. The molecule has 0 aliphatic carbocycles. The van der Waals surface area contributed by atoms with E-state index in [1.807, 2.05) is 0 Å². The molecular weight excluding hydrogens is 385 g/mol. The zero-order valence-corrected chi connectivity index (χ0v) is 16.3. The van der Waals surface area contributed by atoms with Crippen LogP contribution in [0.1, 0.15) is 22.8 Å². The Bertz CT molecular complexity index is 854. The predicted octanol–water partition coefficient (Wildman–Crippen LogP) is 3.45.